The summed E-state index contributed by atoms with van der Waals surface area (Å²) in [4.78, 5) is 17.0. The molecule has 3 nitrogen and oxygen atoms in total. The van der Waals surface area contributed by atoms with Crippen molar-refractivity contribution in [2.45, 2.75) is 6.92 Å². The highest BCUT2D eigenvalue weighted by atomic mass is 32.1. The van der Waals surface area contributed by atoms with Gasteiger partial charge >= 0.3 is 0 Å². The van der Waals surface area contributed by atoms with Crippen molar-refractivity contribution in [3.63, 3.8) is 0 Å². The fourth-order valence-corrected chi connectivity index (χ4v) is 3.15. The number of benzene rings is 1. The Morgan fingerprint density at radius 3 is 3.00 bits per heavy atom. The maximum atomic E-state index is 11.9. The number of carbonyl (C=O) groups is 1. The van der Waals surface area contributed by atoms with Gasteiger partial charge in [0.1, 0.15) is 0 Å². The molecule has 1 N–H and O–H groups in total. The molecular formula is C13H10N2OS2. The van der Waals surface area contributed by atoms with Crippen molar-refractivity contribution >= 4 is 44.5 Å². The maximum Gasteiger partial charge on any atom is 0.265 e. The molecule has 2 aromatic heterocycles. The van der Waals surface area contributed by atoms with Crippen LogP contribution in [0.2, 0.25) is 0 Å². The molecule has 0 saturated heterocycles. The number of rotatable bonds is 2. The summed E-state index contributed by atoms with van der Waals surface area (Å²) in [5, 5.41) is 5.81. The molecule has 0 bridgehead atoms. The van der Waals surface area contributed by atoms with E-state index in [1.54, 1.807) is 11.3 Å². The lowest BCUT2D eigenvalue weighted by molar-refractivity contribution is 0.103. The van der Waals surface area contributed by atoms with Gasteiger partial charge in [0.15, 0.2) is 0 Å². The molecule has 0 atom stereocenters. The normalized spacial score (nSPS) is 10.7. The van der Waals surface area contributed by atoms with Crippen LogP contribution in [0.4, 0.5) is 5.69 Å². The molecule has 90 valence electrons. The van der Waals surface area contributed by atoms with Gasteiger partial charge in [-0.15, -0.1) is 22.7 Å². The monoisotopic (exact) mass is 274 g/mol. The number of aromatic nitrogens is 1. The summed E-state index contributed by atoms with van der Waals surface area (Å²) in [7, 11) is 0. The van der Waals surface area contributed by atoms with Gasteiger partial charge in [0, 0.05) is 5.69 Å². The average Bonchev–Trinajstić information content (AvgIpc) is 2.95. The van der Waals surface area contributed by atoms with Crippen molar-refractivity contribution in [3.8, 4) is 0 Å². The van der Waals surface area contributed by atoms with E-state index in [0.717, 1.165) is 20.9 Å². The molecule has 3 aromatic rings. The lowest BCUT2D eigenvalue weighted by Crippen LogP contribution is -2.09. The Hall–Kier alpha value is -1.72. The molecule has 2 heterocycles. The summed E-state index contributed by atoms with van der Waals surface area (Å²) in [6.07, 6.45) is 0. The van der Waals surface area contributed by atoms with Crippen molar-refractivity contribution in [3.05, 3.63) is 45.6 Å². The van der Waals surface area contributed by atoms with Gasteiger partial charge in [-0.25, -0.2) is 4.98 Å². The molecule has 0 fully saturated rings. The Kier molecular flexibility index (Phi) is 2.85. The Morgan fingerprint density at radius 2 is 2.22 bits per heavy atom. The lowest BCUT2D eigenvalue weighted by atomic mass is 10.3. The fourth-order valence-electron chi connectivity index (χ4n) is 1.72. The van der Waals surface area contributed by atoms with E-state index in [0.29, 0.717) is 4.88 Å². The molecule has 0 unspecified atom stereocenters. The summed E-state index contributed by atoms with van der Waals surface area (Å²) in [6, 6.07) is 9.48. The quantitative estimate of drug-likeness (QED) is 0.769. The SMILES string of the molecule is Cc1nc2cc(NC(=O)c3cccs3)ccc2s1. The van der Waals surface area contributed by atoms with Gasteiger partial charge in [0.05, 0.1) is 20.1 Å². The van der Waals surface area contributed by atoms with Crippen molar-refractivity contribution in [2.75, 3.05) is 5.32 Å². The van der Waals surface area contributed by atoms with E-state index >= 15 is 0 Å². The van der Waals surface area contributed by atoms with Gasteiger partial charge in [0.25, 0.3) is 5.91 Å². The molecule has 0 aliphatic heterocycles. The molecule has 5 heteroatoms. The number of anilines is 1. The zero-order valence-electron chi connectivity index (χ0n) is 9.64. The van der Waals surface area contributed by atoms with Crippen LogP contribution in [0.25, 0.3) is 10.2 Å². The van der Waals surface area contributed by atoms with Crippen molar-refractivity contribution in [1.82, 2.24) is 4.98 Å². The number of hydrogen-bond donors (Lipinski definition) is 1. The van der Waals surface area contributed by atoms with E-state index in [9.17, 15) is 4.79 Å². The van der Waals surface area contributed by atoms with Crippen molar-refractivity contribution < 1.29 is 4.79 Å². The molecule has 18 heavy (non-hydrogen) atoms. The second kappa shape index (κ2) is 4.51. The fraction of sp³-hybridized carbons (Fsp3) is 0.0769. The van der Waals surface area contributed by atoms with Crippen molar-refractivity contribution in [1.29, 1.82) is 0 Å². The van der Waals surface area contributed by atoms with Crippen LogP contribution >= 0.6 is 22.7 Å². The van der Waals surface area contributed by atoms with Crippen LogP contribution in [-0.4, -0.2) is 10.9 Å². The Bertz CT molecular complexity index is 701. The molecule has 0 spiro atoms. The molecular weight excluding hydrogens is 264 g/mol. The molecule has 0 radical (unpaired) electrons. The molecule has 1 aromatic carbocycles. The Labute approximate surface area is 112 Å². The summed E-state index contributed by atoms with van der Waals surface area (Å²) in [5.41, 5.74) is 1.72. The van der Waals surface area contributed by atoms with Crippen LogP contribution in [0.3, 0.4) is 0 Å². The van der Waals surface area contributed by atoms with Crippen LogP contribution in [0, 0.1) is 6.92 Å². The molecule has 0 aliphatic rings. The Morgan fingerprint density at radius 1 is 1.33 bits per heavy atom. The summed E-state index contributed by atoms with van der Waals surface area (Å²) in [5.74, 6) is -0.0729. The first kappa shape index (κ1) is 11.4. The highest BCUT2D eigenvalue weighted by Gasteiger charge is 2.08. The first-order valence-electron chi connectivity index (χ1n) is 5.44. The third-order valence-corrected chi connectivity index (χ3v) is 4.32. The van der Waals surface area contributed by atoms with Gasteiger partial charge in [-0.05, 0) is 36.6 Å². The number of nitrogens with zero attached hydrogens (tertiary/aromatic N) is 1. The second-order valence-electron chi connectivity index (χ2n) is 3.85. The zero-order valence-corrected chi connectivity index (χ0v) is 11.3. The Balaban J connectivity index is 1.88. The molecule has 0 saturated carbocycles. The second-order valence-corrected chi connectivity index (χ2v) is 6.03. The molecule has 0 aliphatic carbocycles. The molecule has 3 rings (SSSR count). The number of carbonyl (C=O) groups excluding carboxylic acids is 1. The first-order valence-corrected chi connectivity index (χ1v) is 7.14. The number of thiazole rings is 1. The largest absolute Gasteiger partial charge is 0.321 e. The van der Waals surface area contributed by atoms with Gasteiger partial charge in [-0.2, -0.15) is 0 Å². The topological polar surface area (TPSA) is 42.0 Å². The van der Waals surface area contributed by atoms with E-state index in [2.05, 4.69) is 10.3 Å². The van der Waals surface area contributed by atoms with E-state index < -0.39 is 0 Å². The molecule has 1 amide bonds. The number of amides is 1. The van der Waals surface area contributed by atoms with Gasteiger partial charge in [-0.1, -0.05) is 6.07 Å². The van der Waals surface area contributed by atoms with E-state index in [-0.39, 0.29) is 5.91 Å². The van der Waals surface area contributed by atoms with Crippen molar-refractivity contribution in [2.24, 2.45) is 0 Å². The minimum atomic E-state index is -0.0729. The lowest BCUT2D eigenvalue weighted by Gasteiger charge is -2.02. The van der Waals surface area contributed by atoms with Crippen LogP contribution < -0.4 is 5.32 Å². The summed E-state index contributed by atoms with van der Waals surface area (Å²) < 4.78 is 1.14. The maximum absolute atomic E-state index is 11.9. The van der Waals surface area contributed by atoms with Crippen LogP contribution in [0.5, 0.6) is 0 Å². The standard InChI is InChI=1S/C13H10N2OS2/c1-8-14-10-7-9(4-5-11(10)18-8)15-13(16)12-3-2-6-17-12/h2-7H,1H3,(H,15,16). The number of aryl methyl sites for hydroxylation is 1. The van der Waals surface area contributed by atoms with E-state index in [4.69, 9.17) is 0 Å². The minimum Gasteiger partial charge on any atom is -0.321 e. The van der Waals surface area contributed by atoms with E-state index in [1.807, 2.05) is 42.6 Å². The van der Waals surface area contributed by atoms with Gasteiger partial charge < -0.3 is 5.32 Å². The van der Waals surface area contributed by atoms with E-state index in [1.165, 1.54) is 11.3 Å². The predicted octanol–water partition coefficient (Wildman–Crippen LogP) is 3.92. The minimum absolute atomic E-state index is 0.0729. The van der Waals surface area contributed by atoms with Gasteiger partial charge in [-0.3, -0.25) is 4.79 Å². The van der Waals surface area contributed by atoms with Gasteiger partial charge in [0.2, 0.25) is 0 Å². The first-order chi connectivity index (χ1) is 8.72. The number of nitrogens with one attached hydrogen (secondary N) is 1. The van der Waals surface area contributed by atoms with Crippen LogP contribution in [-0.2, 0) is 0 Å². The summed E-state index contributed by atoms with van der Waals surface area (Å²) in [6.45, 7) is 1.98. The third kappa shape index (κ3) is 2.14. The smallest absolute Gasteiger partial charge is 0.265 e. The highest BCUT2D eigenvalue weighted by Crippen LogP contribution is 2.24. The number of fused-ring (bicyclic) bond motifs is 1. The zero-order chi connectivity index (χ0) is 12.5. The van der Waals surface area contributed by atoms with Crippen LogP contribution in [0.15, 0.2) is 35.7 Å². The number of hydrogen-bond acceptors (Lipinski definition) is 4. The van der Waals surface area contributed by atoms with Crippen LogP contribution in [0.1, 0.15) is 14.7 Å². The average molecular weight is 274 g/mol. The summed E-state index contributed by atoms with van der Waals surface area (Å²) >= 11 is 3.09. The third-order valence-electron chi connectivity index (χ3n) is 2.50. The predicted molar refractivity (Wildman–Crippen MR) is 76.6 cm³/mol. The number of thiophene rings is 1. The highest BCUT2D eigenvalue weighted by molar-refractivity contribution is 7.18.